The van der Waals surface area contributed by atoms with E-state index in [-0.39, 0.29) is 6.04 Å². The lowest BCUT2D eigenvalue weighted by Crippen LogP contribution is -2.41. The molecular formula is C18H32N2O. The molecule has 2 saturated carbocycles. The number of rotatable bonds is 6. The predicted molar refractivity (Wildman–Crippen MR) is 85.7 cm³/mol. The normalized spacial score (nSPS) is 40.2. The van der Waals surface area contributed by atoms with Crippen LogP contribution in [-0.2, 0) is 4.79 Å². The van der Waals surface area contributed by atoms with Crippen LogP contribution in [0.2, 0.25) is 0 Å². The van der Waals surface area contributed by atoms with Crippen LogP contribution in [0.25, 0.3) is 0 Å². The highest BCUT2D eigenvalue weighted by Crippen LogP contribution is 2.48. The van der Waals surface area contributed by atoms with Crippen LogP contribution in [0.1, 0.15) is 65.7 Å². The van der Waals surface area contributed by atoms with E-state index >= 15 is 0 Å². The van der Waals surface area contributed by atoms with Gasteiger partial charge in [0.15, 0.2) is 0 Å². The van der Waals surface area contributed by atoms with E-state index in [4.69, 9.17) is 0 Å². The molecule has 6 atom stereocenters. The van der Waals surface area contributed by atoms with Crippen molar-refractivity contribution in [2.45, 2.75) is 77.9 Å². The van der Waals surface area contributed by atoms with Crippen LogP contribution in [0, 0.1) is 23.7 Å². The van der Waals surface area contributed by atoms with Gasteiger partial charge in [-0.05, 0) is 49.4 Å². The van der Waals surface area contributed by atoms with Crippen LogP contribution >= 0.6 is 0 Å². The zero-order valence-electron chi connectivity index (χ0n) is 14.0. The van der Waals surface area contributed by atoms with Gasteiger partial charge in [-0.1, -0.05) is 40.0 Å². The Morgan fingerprint density at radius 3 is 2.67 bits per heavy atom. The van der Waals surface area contributed by atoms with Crippen molar-refractivity contribution in [3.05, 3.63) is 0 Å². The minimum absolute atomic E-state index is 0.0603. The first kappa shape index (κ1) is 15.3. The van der Waals surface area contributed by atoms with Gasteiger partial charge in [0.25, 0.3) is 0 Å². The molecule has 3 aliphatic rings. The second-order valence-electron chi connectivity index (χ2n) is 7.76. The molecule has 0 aromatic rings. The fraction of sp³-hybridized carbons (Fsp3) is 0.944. The zero-order valence-corrected chi connectivity index (χ0v) is 14.0. The fourth-order valence-corrected chi connectivity index (χ4v) is 4.93. The lowest BCUT2D eigenvalue weighted by atomic mass is 9.88. The Labute approximate surface area is 129 Å². The molecule has 3 fully saturated rings. The maximum Gasteiger partial charge on any atom is 0.241 e. The predicted octanol–water partition coefficient (Wildman–Crippen LogP) is 3.40. The van der Waals surface area contributed by atoms with Crippen molar-refractivity contribution in [2.75, 3.05) is 6.54 Å². The molecule has 0 aromatic heterocycles. The maximum atomic E-state index is 12.8. The number of hydrogen-bond acceptors (Lipinski definition) is 2. The van der Waals surface area contributed by atoms with E-state index in [9.17, 15) is 4.79 Å². The number of nitrogens with one attached hydrogen (secondary N) is 1. The third kappa shape index (κ3) is 2.86. The second-order valence-corrected chi connectivity index (χ2v) is 7.76. The summed E-state index contributed by atoms with van der Waals surface area (Å²) < 4.78 is 0. The largest absolute Gasteiger partial charge is 0.326 e. The highest BCUT2D eigenvalue weighted by molar-refractivity contribution is 5.84. The van der Waals surface area contributed by atoms with Crippen LogP contribution in [0.3, 0.4) is 0 Å². The molecule has 3 nitrogen and oxygen atoms in total. The molecule has 1 N–H and O–H groups in total. The van der Waals surface area contributed by atoms with E-state index in [1.54, 1.807) is 0 Å². The molecular weight excluding hydrogens is 260 g/mol. The summed E-state index contributed by atoms with van der Waals surface area (Å²) in [4.78, 5) is 15.1. The number of hydrogen-bond donors (Lipinski definition) is 1. The summed E-state index contributed by atoms with van der Waals surface area (Å²) in [5.74, 6) is 3.49. The van der Waals surface area contributed by atoms with Crippen LogP contribution in [0.15, 0.2) is 0 Å². The summed E-state index contributed by atoms with van der Waals surface area (Å²) >= 11 is 0. The molecule has 0 aromatic carbocycles. The Kier molecular flexibility index (Phi) is 4.58. The lowest BCUT2D eigenvalue weighted by molar-refractivity contribution is -0.131. The van der Waals surface area contributed by atoms with Gasteiger partial charge in [-0.2, -0.15) is 0 Å². The van der Waals surface area contributed by atoms with Crippen molar-refractivity contribution in [2.24, 2.45) is 23.7 Å². The summed E-state index contributed by atoms with van der Waals surface area (Å²) in [6, 6.07) is 0.0603. The zero-order chi connectivity index (χ0) is 15.0. The molecule has 1 saturated heterocycles. The number of fused-ring (bicyclic) bond motifs is 2. The third-order valence-electron chi connectivity index (χ3n) is 6.39. The van der Waals surface area contributed by atoms with E-state index in [0.29, 0.717) is 18.0 Å². The average molecular weight is 292 g/mol. The van der Waals surface area contributed by atoms with Crippen molar-refractivity contribution in [3.63, 3.8) is 0 Å². The molecule has 0 spiro atoms. The Hall–Kier alpha value is -0.570. The van der Waals surface area contributed by atoms with Crippen molar-refractivity contribution >= 4 is 5.91 Å². The quantitative estimate of drug-likeness (QED) is 0.814. The monoisotopic (exact) mass is 292 g/mol. The highest BCUT2D eigenvalue weighted by atomic mass is 16.2. The molecule has 1 aliphatic heterocycles. The van der Waals surface area contributed by atoms with Gasteiger partial charge in [0.2, 0.25) is 5.91 Å². The molecule has 21 heavy (non-hydrogen) atoms. The third-order valence-corrected chi connectivity index (χ3v) is 6.39. The van der Waals surface area contributed by atoms with Gasteiger partial charge in [-0.15, -0.1) is 0 Å². The maximum absolute atomic E-state index is 12.8. The molecule has 120 valence electrons. The van der Waals surface area contributed by atoms with E-state index in [2.05, 4.69) is 31.0 Å². The first-order valence-corrected chi connectivity index (χ1v) is 9.20. The Bertz CT molecular complexity index is 383. The number of carbonyl (C=O) groups is 1. The molecule has 2 aliphatic carbocycles. The minimum atomic E-state index is 0.0603. The van der Waals surface area contributed by atoms with Crippen LogP contribution in [0.5, 0.6) is 0 Å². The van der Waals surface area contributed by atoms with Gasteiger partial charge < -0.3 is 4.90 Å². The number of nitrogens with zero attached hydrogens (tertiary/aromatic N) is 1. The van der Waals surface area contributed by atoms with Gasteiger partial charge in [-0.3, -0.25) is 10.1 Å². The first-order chi connectivity index (χ1) is 10.1. The molecule has 3 heteroatoms. The van der Waals surface area contributed by atoms with Crippen molar-refractivity contribution < 1.29 is 4.79 Å². The highest BCUT2D eigenvalue weighted by Gasteiger charge is 2.45. The Balaban J connectivity index is 1.67. The summed E-state index contributed by atoms with van der Waals surface area (Å²) in [7, 11) is 0. The number of amides is 1. The fourth-order valence-electron chi connectivity index (χ4n) is 4.93. The summed E-state index contributed by atoms with van der Waals surface area (Å²) in [5.41, 5.74) is 0. The van der Waals surface area contributed by atoms with Crippen molar-refractivity contribution in [1.82, 2.24) is 10.2 Å². The summed E-state index contributed by atoms with van der Waals surface area (Å²) in [5, 5.41) is 3.64. The molecule has 0 radical (unpaired) electrons. The van der Waals surface area contributed by atoms with Crippen molar-refractivity contribution in [1.29, 1.82) is 0 Å². The van der Waals surface area contributed by atoms with Crippen LogP contribution in [0.4, 0.5) is 0 Å². The van der Waals surface area contributed by atoms with E-state index < -0.39 is 0 Å². The van der Waals surface area contributed by atoms with Crippen LogP contribution < -0.4 is 5.32 Å². The average Bonchev–Trinajstić information content (AvgIpc) is 3.16. The van der Waals surface area contributed by atoms with Gasteiger partial charge >= 0.3 is 0 Å². The minimum Gasteiger partial charge on any atom is -0.326 e. The van der Waals surface area contributed by atoms with Gasteiger partial charge in [-0.25, -0.2) is 0 Å². The van der Waals surface area contributed by atoms with E-state index in [1.165, 1.54) is 25.7 Å². The van der Waals surface area contributed by atoms with Crippen molar-refractivity contribution in [3.8, 4) is 0 Å². The molecule has 1 amide bonds. The van der Waals surface area contributed by atoms with E-state index in [1.807, 2.05) is 0 Å². The van der Waals surface area contributed by atoms with Gasteiger partial charge in [0, 0.05) is 6.54 Å². The standard InChI is InChI=1S/C18H32N2O/c1-4-6-16-19-17(12(3)5-2)18(21)20(16)11-15-10-13-7-8-14(15)9-13/h12-17,19H,4-11H2,1-3H3. The number of carbonyl (C=O) groups excluding carboxylic acids is 1. The second kappa shape index (κ2) is 6.28. The molecule has 3 rings (SSSR count). The summed E-state index contributed by atoms with van der Waals surface area (Å²) in [6.45, 7) is 7.63. The molecule has 1 heterocycles. The lowest BCUT2D eigenvalue weighted by Gasteiger charge is -2.30. The van der Waals surface area contributed by atoms with Gasteiger partial charge in [0.1, 0.15) is 0 Å². The first-order valence-electron chi connectivity index (χ1n) is 9.20. The topological polar surface area (TPSA) is 32.3 Å². The summed E-state index contributed by atoms with van der Waals surface area (Å²) in [6.07, 6.45) is 9.28. The molecule has 2 bridgehead atoms. The Morgan fingerprint density at radius 1 is 1.29 bits per heavy atom. The van der Waals surface area contributed by atoms with E-state index in [0.717, 1.165) is 43.6 Å². The smallest absolute Gasteiger partial charge is 0.241 e. The molecule has 6 unspecified atom stereocenters. The van der Waals surface area contributed by atoms with Gasteiger partial charge in [0.05, 0.1) is 12.2 Å². The van der Waals surface area contributed by atoms with Crippen LogP contribution in [-0.4, -0.2) is 29.6 Å². The SMILES string of the molecule is CCCC1NC(C(C)CC)C(=O)N1CC1CC2CCC1C2. The Morgan fingerprint density at radius 2 is 2.10 bits per heavy atom.